The number of hydrogen-bond acceptors (Lipinski definition) is 4. The number of halogens is 3. The largest absolute Gasteiger partial charge is 0.474 e. The molecule has 0 aromatic heterocycles. The zero-order chi connectivity index (χ0) is 14.4. The second kappa shape index (κ2) is 8.31. The van der Waals surface area contributed by atoms with E-state index in [1.165, 1.54) is 0 Å². The van der Waals surface area contributed by atoms with E-state index in [2.05, 4.69) is 0 Å². The molecule has 0 amide bonds. The molecule has 0 bridgehead atoms. The highest BCUT2D eigenvalue weighted by Gasteiger charge is 2.32. The first kappa shape index (κ1) is 19.0. The molecule has 8 heteroatoms. The maximum atomic E-state index is 12.2. The predicted molar refractivity (Wildman–Crippen MR) is 75.4 cm³/mol. The van der Waals surface area contributed by atoms with Crippen LogP contribution in [0.5, 0.6) is 0 Å². The first-order valence-electron chi connectivity index (χ1n) is 5.64. The Kier molecular flexibility index (Phi) is 8.76. The minimum Gasteiger partial charge on any atom is -0.287 e. The highest BCUT2D eigenvalue weighted by Crippen LogP contribution is 2.51. The minimum atomic E-state index is -3.68. The van der Waals surface area contributed by atoms with E-state index in [4.69, 9.17) is 48.4 Å². The fourth-order valence-corrected chi connectivity index (χ4v) is 2.67. The molecule has 4 nitrogen and oxygen atoms in total. The third kappa shape index (κ3) is 10.9. The van der Waals surface area contributed by atoms with Crippen LogP contribution in [-0.4, -0.2) is 23.6 Å². The average Bonchev–Trinajstić information content (AvgIpc) is 2.20. The van der Waals surface area contributed by atoms with Gasteiger partial charge in [-0.15, -0.1) is 0 Å². The SMILES string of the molecule is CC(C)COP(=O)(OCC(C)C)OCC(Cl)(Cl)Cl. The summed E-state index contributed by atoms with van der Waals surface area (Å²) in [5, 5.41) is 0. The predicted octanol–water partition coefficient (Wildman–Crippen LogP) is 4.83. The summed E-state index contributed by atoms with van der Waals surface area (Å²) in [5.74, 6) is 0.384. The first-order valence-corrected chi connectivity index (χ1v) is 8.24. The van der Waals surface area contributed by atoms with Crippen molar-refractivity contribution in [2.75, 3.05) is 19.8 Å². The molecule has 0 aliphatic rings. The van der Waals surface area contributed by atoms with Gasteiger partial charge in [-0.2, -0.15) is 0 Å². The summed E-state index contributed by atoms with van der Waals surface area (Å²) in [4.78, 5) is 0. The Bertz CT molecular complexity index is 263. The number of hydrogen-bond donors (Lipinski definition) is 0. The van der Waals surface area contributed by atoms with E-state index in [0.29, 0.717) is 0 Å². The van der Waals surface area contributed by atoms with Gasteiger partial charge in [0.25, 0.3) is 0 Å². The summed E-state index contributed by atoms with van der Waals surface area (Å²) >= 11 is 16.6. The molecule has 0 saturated heterocycles. The van der Waals surface area contributed by atoms with Crippen LogP contribution in [0.3, 0.4) is 0 Å². The van der Waals surface area contributed by atoms with Crippen molar-refractivity contribution >= 4 is 42.6 Å². The van der Waals surface area contributed by atoms with Crippen molar-refractivity contribution in [1.82, 2.24) is 0 Å². The quantitative estimate of drug-likeness (QED) is 0.469. The molecule has 0 aliphatic heterocycles. The summed E-state index contributed by atoms with van der Waals surface area (Å²) in [7, 11) is -3.68. The van der Waals surface area contributed by atoms with Gasteiger partial charge in [0.1, 0.15) is 6.61 Å². The molecule has 0 aliphatic carbocycles. The average molecular weight is 342 g/mol. The molecule has 110 valence electrons. The smallest absolute Gasteiger partial charge is 0.287 e. The number of phosphoric acid groups is 1. The van der Waals surface area contributed by atoms with Gasteiger partial charge in [0, 0.05) is 0 Å². The van der Waals surface area contributed by atoms with Crippen LogP contribution in [0.2, 0.25) is 0 Å². The van der Waals surface area contributed by atoms with Gasteiger partial charge in [0.2, 0.25) is 3.79 Å². The molecule has 0 saturated carbocycles. The molecule has 0 aromatic rings. The van der Waals surface area contributed by atoms with Crippen LogP contribution >= 0.6 is 42.6 Å². The normalized spacial score (nSPS) is 13.6. The lowest BCUT2D eigenvalue weighted by molar-refractivity contribution is 0.0969. The van der Waals surface area contributed by atoms with Gasteiger partial charge in [0.05, 0.1) is 13.2 Å². The fraction of sp³-hybridized carbons (Fsp3) is 1.00. The highest BCUT2D eigenvalue weighted by molar-refractivity contribution is 7.48. The molecule has 0 unspecified atom stereocenters. The molecule has 0 N–H and O–H groups in total. The van der Waals surface area contributed by atoms with Gasteiger partial charge in [-0.3, -0.25) is 13.6 Å². The van der Waals surface area contributed by atoms with Crippen molar-refractivity contribution in [1.29, 1.82) is 0 Å². The Balaban J connectivity index is 4.44. The molecule has 18 heavy (non-hydrogen) atoms. The van der Waals surface area contributed by atoms with Crippen molar-refractivity contribution in [2.45, 2.75) is 31.5 Å². The highest BCUT2D eigenvalue weighted by atomic mass is 35.6. The molecule has 0 aromatic carbocycles. The Labute approximate surface area is 124 Å². The van der Waals surface area contributed by atoms with Crippen molar-refractivity contribution < 1.29 is 18.1 Å². The van der Waals surface area contributed by atoms with E-state index >= 15 is 0 Å². The molecule has 0 atom stereocenters. The Morgan fingerprint density at radius 3 is 1.61 bits per heavy atom. The molecule has 0 radical (unpaired) electrons. The maximum absolute atomic E-state index is 12.2. The second-order valence-corrected chi connectivity index (χ2v) is 8.90. The summed E-state index contributed by atoms with van der Waals surface area (Å²) in [6.07, 6.45) is 0. The van der Waals surface area contributed by atoms with Crippen LogP contribution in [0.25, 0.3) is 0 Å². The summed E-state index contributed by atoms with van der Waals surface area (Å²) in [5.41, 5.74) is 0. The van der Waals surface area contributed by atoms with E-state index in [9.17, 15) is 4.57 Å². The lowest BCUT2D eigenvalue weighted by Crippen LogP contribution is -2.15. The van der Waals surface area contributed by atoms with E-state index in [1.54, 1.807) is 0 Å². The van der Waals surface area contributed by atoms with Gasteiger partial charge < -0.3 is 0 Å². The zero-order valence-corrected chi connectivity index (χ0v) is 14.2. The number of alkyl halides is 3. The van der Waals surface area contributed by atoms with E-state index < -0.39 is 11.6 Å². The minimum absolute atomic E-state index is 0.192. The molecular formula is C10H20Cl3O4P. The van der Waals surface area contributed by atoms with Crippen LogP contribution < -0.4 is 0 Å². The van der Waals surface area contributed by atoms with Crippen LogP contribution in [0.4, 0.5) is 0 Å². The van der Waals surface area contributed by atoms with Gasteiger partial charge in [-0.25, -0.2) is 4.57 Å². The van der Waals surface area contributed by atoms with Crippen LogP contribution in [-0.2, 0) is 18.1 Å². The monoisotopic (exact) mass is 340 g/mol. The van der Waals surface area contributed by atoms with Gasteiger partial charge in [-0.1, -0.05) is 62.5 Å². The fourth-order valence-electron chi connectivity index (χ4n) is 0.745. The van der Waals surface area contributed by atoms with E-state index in [0.717, 1.165) is 0 Å². The number of phosphoric ester groups is 1. The van der Waals surface area contributed by atoms with Crippen molar-refractivity contribution in [3.8, 4) is 0 Å². The lowest BCUT2D eigenvalue weighted by Gasteiger charge is -2.21. The third-order valence-electron chi connectivity index (χ3n) is 1.52. The summed E-state index contributed by atoms with van der Waals surface area (Å²) in [6.45, 7) is 7.81. The van der Waals surface area contributed by atoms with Gasteiger partial charge in [-0.05, 0) is 11.8 Å². The van der Waals surface area contributed by atoms with Crippen LogP contribution in [0.15, 0.2) is 0 Å². The summed E-state index contributed by atoms with van der Waals surface area (Å²) < 4.78 is 25.9. The Morgan fingerprint density at radius 1 is 0.944 bits per heavy atom. The van der Waals surface area contributed by atoms with E-state index in [1.807, 2.05) is 27.7 Å². The lowest BCUT2D eigenvalue weighted by atomic mass is 10.2. The molecule has 0 spiro atoms. The molecular weight excluding hydrogens is 321 g/mol. The van der Waals surface area contributed by atoms with Gasteiger partial charge >= 0.3 is 7.82 Å². The third-order valence-corrected chi connectivity index (χ3v) is 3.22. The van der Waals surface area contributed by atoms with Crippen molar-refractivity contribution in [2.24, 2.45) is 11.8 Å². The maximum Gasteiger partial charge on any atom is 0.474 e. The van der Waals surface area contributed by atoms with E-state index in [-0.39, 0.29) is 31.7 Å². The Morgan fingerprint density at radius 2 is 1.33 bits per heavy atom. The van der Waals surface area contributed by atoms with Crippen LogP contribution in [0, 0.1) is 11.8 Å². The first-order chi connectivity index (χ1) is 8.04. The van der Waals surface area contributed by atoms with Crippen molar-refractivity contribution in [3.63, 3.8) is 0 Å². The van der Waals surface area contributed by atoms with Crippen molar-refractivity contribution in [3.05, 3.63) is 0 Å². The van der Waals surface area contributed by atoms with Crippen LogP contribution in [0.1, 0.15) is 27.7 Å². The number of rotatable bonds is 8. The second-order valence-electron chi connectivity index (χ2n) is 4.72. The molecule has 0 fully saturated rings. The standard InChI is InChI=1S/C10H20Cl3O4P/c1-8(2)5-15-18(14,16-6-9(3)4)17-7-10(11,12)13/h8-9H,5-7H2,1-4H3. The molecule has 0 rings (SSSR count). The zero-order valence-electron chi connectivity index (χ0n) is 11.0. The Hall–Kier alpha value is 0.980. The van der Waals surface area contributed by atoms with Gasteiger partial charge in [0.15, 0.2) is 0 Å². The molecule has 0 heterocycles. The topological polar surface area (TPSA) is 44.8 Å². The summed E-state index contributed by atoms with van der Waals surface area (Å²) in [6, 6.07) is 0.